The zero-order valence-electron chi connectivity index (χ0n) is 18.1. The summed E-state index contributed by atoms with van der Waals surface area (Å²) in [5, 5.41) is 6.27. The number of carbonyl (C=O) groups excluding carboxylic acids is 1. The molecule has 2 N–H and O–H groups in total. The first-order valence-corrected chi connectivity index (χ1v) is 9.81. The molecule has 1 amide bonds. The maximum atomic E-state index is 11.9. The number of guanidine groups is 1. The van der Waals surface area contributed by atoms with Crippen molar-refractivity contribution in [2.24, 2.45) is 4.99 Å². The van der Waals surface area contributed by atoms with Crippen molar-refractivity contribution >= 4 is 35.8 Å². The lowest BCUT2D eigenvalue weighted by molar-refractivity contribution is -0.127. The molecule has 30 heavy (non-hydrogen) atoms. The molecule has 0 radical (unpaired) electrons. The van der Waals surface area contributed by atoms with Gasteiger partial charge in [0.2, 0.25) is 11.8 Å². The Labute approximate surface area is 195 Å². The van der Waals surface area contributed by atoms with Gasteiger partial charge in [0.1, 0.15) is 12.0 Å². The SMILES string of the molecule is CCOCCCNC(=NCc1coc(-c2ccc(C)cc2)n1)NCC(=O)N(C)C.I. The number of aryl methyl sites for hydroxylation is 1. The van der Waals surface area contributed by atoms with Crippen molar-refractivity contribution in [1.82, 2.24) is 20.5 Å². The van der Waals surface area contributed by atoms with E-state index in [2.05, 4.69) is 20.6 Å². The summed E-state index contributed by atoms with van der Waals surface area (Å²) in [6, 6.07) is 8.00. The van der Waals surface area contributed by atoms with Crippen LogP contribution in [0.15, 0.2) is 39.9 Å². The number of nitrogens with one attached hydrogen (secondary N) is 2. The fraction of sp³-hybridized carbons (Fsp3) is 0.476. The minimum absolute atomic E-state index is 0. The number of aromatic nitrogens is 1. The van der Waals surface area contributed by atoms with Crippen molar-refractivity contribution in [3.63, 3.8) is 0 Å². The van der Waals surface area contributed by atoms with Crippen LogP contribution < -0.4 is 10.6 Å². The van der Waals surface area contributed by atoms with Crippen LogP contribution in [0.2, 0.25) is 0 Å². The number of carbonyl (C=O) groups is 1. The molecule has 9 heteroatoms. The van der Waals surface area contributed by atoms with Gasteiger partial charge in [-0.2, -0.15) is 0 Å². The van der Waals surface area contributed by atoms with Gasteiger partial charge < -0.3 is 24.7 Å². The van der Waals surface area contributed by atoms with E-state index in [9.17, 15) is 4.79 Å². The Balaban J connectivity index is 0.00000450. The lowest BCUT2D eigenvalue weighted by atomic mass is 10.1. The van der Waals surface area contributed by atoms with E-state index >= 15 is 0 Å². The summed E-state index contributed by atoms with van der Waals surface area (Å²) in [4.78, 5) is 22.4. The van der Waals surface area contributed by atoms with E-state index in [0.29, 0.717) is 38.2 Å². The van der Waals surface area contributed by atoms with Crippen LogP contribution in [0, 0.1) is 6.92 Å². The van der Waals surface area contributed by atoms with E-state index in [-0.39, 0.29) is 36.4 Å². The number of rotatable bonds is 10. The van der Waals surface area contributed by atoms with Crippen molar-refractivity contribution in [3.05, 3.63) is 41.8 Å². The molecule has 0 fully saturated rings. The molecular formula is C21H32IN5O3. The Morgan fingerprint density at radius 2 is 1.97 bits per heavy atom. The van der Waals surface area contributed by atoms with Crippen molar-refractivity contribution < 1.29 is 13.9 Å². The minimum atomic E-state index is -0.0306. The molecule has 2 aromatic rings. The number of benzene rings is 1. The van der Waals surface area contributed by atoms with Gasteiger partial charge in [-0.3, -0.25) is 4.79 Å². The molecule has 0 saturated carbocycles. The zero-order valence-corrected chi connectivity index (χ0v) is 20.4. The number of nitrogens with zero attached hydrogens (tertiary/aromatic N) is 3. The Morgan fingerprint density at radius 3 is 2.63 bits per heavy atom. The van der Waals surface area contributed by atoms with Gasteiger partial charge in [0, 0.05) is 39.4 Å². The Kier molecular flexibility index (Phi) is 12.1. The highest BCUT2D eigenvalue weighted by atomic mass is 127. The zero-order chi connectivity index (χ0) is 21.1. The van der Waals surface area contributed by atoms with E-state index in [1.165, 1.54) is 10.5 Å². The highest BCUT2D eigenvalue weighted by Gasteiger charge is 2.08. The van der Waals surface area contributed by atoms with Crippen molar-refractivity contribution in [3.8, 4) is 11.5 Å². The molecule has 0 unspecified atom stereocenters. The Bertz CT molecular complexity index is 790. The second-order valence-corrected chi connectivity index (χ2v) is 6.79. The van der Waals surface area contributed by atoms with Crippen molar-refractivity contribution in [2.45, 2.75) is 26.8 Å². The van der Waals surface area contributed by atoms with Gasteiger partial charge >= 0.3 is 0 Å². The number of halogens is 1. The number of aliphatic imine (C=N–C) groups is 1. The molecule has 0 aliphatic heterocycles. The molecule has 2 rings (SSSR count). The normalized spacial score (nSPS) is 11.0. The number of amides is 1. The van der Waals surface area contributed by atoms with Gasteiger partial charge in [0.15, 0.2) is 5.96 Å². The highest BCUT2D eigenvalue weighted by molar-refractivity contribution is 14.0. The van der Waals surface area contributed by atoms with Crippen molar-refractivity contribution in [1.29, 1.82) is 0 Å². The number of ether oxygens (including phenoxy) is 1. The third kappa shape index (κ3) is 9.12. The molecule has 0 aliphatic rings. The number of oxazole rings is 1. The predicted molar refractivity (Wildman–Crippen MR) is 129 cm³/mol. The molecule has 8 nitrogen and oxygen atoms in total. The summed E-state index contributed by atoms with van der Waals surface area (Å²) in [7, 11) is 3.44. The average molecular weight is 529 g/mol. The molecule has 0 bridgehead atoms. The topological polar surface area (TPSA) is 92.0 Å². The summed E-state index contributed by atoms with van der Waals surface area (Å²) >= 11 is 0. The van der Waals surface area contributed by atoms with Gasteiger partial charge in [-0.15, -0.1) is 24.0 Å². The highest BCUT2D eigenvalue weighted by Crippen LogP contribution is 2.19. The first kappa shape index (κ1) is 25.9. The van der Waals surface area contributed by atoms with E-state index < -0.39 is 0 Å². The van der Waals surface area contributed by atoms with Crippen LogP contribution in [-0.2, 0) is 16.1 Å². The molecule has 1 aromatic heterocycles. The molecule has 166 valence electrons. The third-order valence-electron chi connectivity index (χ3n) is 4.12. The smallest absolute Gasteiger partial charge is 0.241 e. The molecule has 1 heterocycles. The van der Waals surface area contributed by atoms with Gasteiger partial charge in [-0.05, 0) is 32.4 Å². The van der Waals surface area contributed by atoms with Crippen LogP contribution in [0.4, 0.5) is 0 Å². The molecule has 0 atom stereocenters. The summed E-state index contributed by atoms with van der Waals surface area (Å²) in [6.45, 7) is 6.58. The maximum absolute atomic E-state index is 11.9. The fourth-order valence-corrected chi connectivity index (χ4v) is 2.39. The van der Waals surface area contributed by atoms with Crippen LogP contribution in [0.3, 0.4) is 0 Å². The molecule has 1 aromatic carbocycles. The van der Waals surface area contributed by atoms with Gasteiger partial charge in [-0.25, -0.2) is 9.98 Å². The summed E-state index contributed by atoms with van der Waals surface area (Å²) < 4.78 is 10.9. The maximum Gasteiger partial charge on any atom is 0.241 e. The minimum Gasteiger partial charge on any atom is -0.444 e. The molecular weight excluding hydrogens is 497 g/mol. The third-order valence-corrected chi connectivity index (χ3v) is 4.12. The predicted octanol–water partition coefficient (Wildman–Crippen LogP) is 2.82. The number of hydrogen-bond donors (Lipinski definition) is 2. The summed E-state index contributed by atoms with van der Waals surface area (Å²) in [5.41, 5.74) is 2.83. The van der Waals surface area contributed by atoms with E-state index in [1.807, 2.05) is 38.1 Å². The van der Waals surface area contributed by atoms with E-state index in [0.717, 1.165) is 17.7 Å². The van der Waals surface area contributed by atoms with Gasteiger partial charge in [-0.1, -0.05) is 17.7 Å². The van der Waals surface area contributed by atoms with Crippen LogP contribution in [0.5, 0.6) is 0 Å². The number of hydrogen-bond acceptors (Lipinski definition) is 5. The van der Waals surface area contributed by atoms with E-state index in [4.69, 9.17) is 9.15 Å². The monoisotopic (exact) mass is 529 g/mol. The summed E-state index contributed by atoms with van der Waals surface area (Å²) in [5.74, 6) is 1.09. The van der Waals surface area contributed by atoms with Crippen molar-refractivity contribution in [2.75, 3.05) is 40.4 Å². The Morgan fingerprint density at radius 1 is 1.23 bits per heavy atom. The largest absolute Gasteiger partial charge is 0.444 e. The lowest BCUT2D eigenvalue weighted by Gasteiger charge is -2.14. The standard InChI is InChI=1S/C21H31N5O3.HI/c1-5-28-12-6-11-22-21(24-14-19(27)26(3)4)23-13-18-15-29-20(25-18)17-9-7-16(2)8-10-17;/h7-10,15H,5-6,11-14H2,1-4H3,(H2,22,23,24);1H. The molecule has 0 spiro atoms. The second kappa shape index (κ2) is 14.0. The van der Waals surface area contributed by atoms with Gasteiger partial charge in [0.25, 0.3) is 0 Å². The average Bonchev–Trinajstić information content (AvgIpc) is 3.18. The Hall–Kier alpha value is -2.14. The van der Waals surface area contributed by atoms with Gasteiger partial charge in [0.05, 0.1) is 13.1 Å². The lowest BCUT2D eigenvalue weighted by Crippen LogP contribution is -2.43. The van der Waals surface area contributed by atoms with Crippen LogP contribution in [0.25, 0.3) is 11.5 Å². The van der Waals surface area contributed by atoms with Crippen LogP contribution >= 0.6 is 24.0 Å². The fourth-order valence-electron chi connectivity index (χ4n) is 2.39. The summed E-state index contributed by atoms with van der Waals surface area (Å²) in [6.07, 6.45) is 2.45. The van der Waals surface area contributed by atoms with E-state index in [1.54, 1.807) is 20.4 Å². The first-order chi connectivity index (χ1) is 14.0. The van der Waals surface area contributed by atoms with Crippen LogP contribution in [-0.4, -0.2) is 62.1 Å². The quantitative estimate of drug-likeness (QED) is 0.213. The second-order valence-electron chi connectivity index (χ2n) is 6.79. The molecule has 0 aliphatic carbocycles. The first-order valence-electron chi connectivity index (χ1n) is 9.81. The molecule has 0 saturated heterocycles. The number of likely N-dealkylation sites (N-methyl/N-ethyl adjacent to an activating group) is 1. The van der Waals surface area contributed by atoms with Crippen LogP contribution in [0.1, 0.15) is 24.6 Å².